The molecule has 0 aromatic heterocycles. The lowest BCUT2D eigenvalue weighted by molar-refractivity contribution is 0.0968. The van der Waals surface area contributed by atoms with Gasteiger partial charge in [-0.1, -0.05) is 13.8 Å². The first-order chi connectivity index (χ1) is 9.48. The van der Waals surface area contributed by atoms with Gasteiger partial charge in [-0.05, 0) is 55.2 Å². The molecule has 0 radical (unpaired) electrons. The fraction of sp³-hybridized carbons (Fsp3) is 0.647. The molecule has 2 saturated carbocycles. The molecule has 2 aliphatic carbocycles. The zero-order valence-electron chi connectivity index (χ0n) is 12.3. The van der Waals surface area contributed by atoms with Gasteiger partial charge in [0.1, 0.15) is 11.6 Å². The molecule has 2 fully saturated rings. The van der Waals surface area contributed by atoms with E-state index >= 15 is 0 Å². The minimum absolute atomic E-state index is 0.0690. The molecule has 0 atom stereocenters. The van der Waals surface area contributed by atoms with Crippen LogP contribution in [0.15, 0.2) is 18.2 Å². The molecule has 110 valence electrons. The van der Waals surface area contributed by atoms with E-state index in [0.29, 0.717) is 17.9 Å². The van der Waals surface area contributed by atoms with Gasteiger partial charge in [-0.25, -0.2) is 8.78 Å². The van der Waals surface area contributed by atoms with Crippen LogP contribution in [0.1, 0.15) is 45.1 Å². The highest BCUT2D eigenvalue weighted by Crippen LogP contribution is 2.50. The van der Waals surface area contributed by atoms with Crippen molar-refractivity contribution in [2.45, 2.75) is 51.0 Å². The van der Waals surface area contributed by atoms with Crippen LogP contribution < -0.4 is 5.32 Å². The van der Waals surface area contributed by atoms with Gasteiger partial charge >= 0.3 is 0 Å². The highest BCUT2D eigenvalue weighted by molar-refractivity contribution is 5.31. The summed E-state index contributed by atoms with van der Waals surface area (Å²) in [6, 6.07) is 4.63. The third kappa shape index (κ3) is 2.73. The van der Waals surface area contributed by atoms with E-state index in [1.165, 1.54) is 25.0 Å². The Labute approximate surface area is 119 Å². The molecule has 3 rings (SSSR count). The number of hydrogen-bond donors (Lipinski definition) is 1. The highest BCUT2D eigenvalue weighted by atomic mass is 19.1. The van der Waals surface area contributed by atoms with Gasteiger partial charge in [0.05, 0.1) is 0 Å². The molecule has 1 aromatic rings. The van der Waals surface area contributed by atoms with Gasteiger partial charge < -0.3 is 5.32 Å². The van der Waals surface area contributed by atoms with Crippen LogP contribution in [0, 0.1) is 23.5 Å². The van der Waals surface area contributed by atoms with Crippen molar-refractivity contribution < 1.29 is 8.78 Å². The van der Waals surface area contributed by atoms with Crippen LogP contribution in [-0.4, -0.2) is 12.6 Å². The Morgan fingerprint density at radius 2 is 1.75 bits per heavy atom. The van der Waals surface area contributed by atoms with Crippen LogP contribution in [0.3, 0.4) is 0 Å². The lowest BCUT2D eigenvalue weighted by Crippen LogP contribution is -2.50. The Bertz CT molecular complexity index is 462. The molecule has 0 bridgehead atoms. The summed E-state index contributed by atoms with van der Waals surface area (Å²) in [7, 11) is 0. The van der Waals surface area contributed by atoms with Crippen molar-refractivity contribution in [3.05, 3.63) is 35.4 Å². The molecule has 0 aliphatic heterocycles. The summed E-state index contributed by atoms with van der Waals surface area (Å²) in [5, 5.41) is 3.55. The normalized spacial score (nSPS) is 29.6. The monoisotopic (exact) mass is 279 g/mol. The average Bonchev–Trinajstić information content (AvgIpc) is 3.09. The minimum Gasteiger partial charge on any atom is -0.313 e. The van der Waals surface area contributed by atoms with E-state index in [1.807, 2.05) is 0 Å². The first-order valence-corrected chi connectivity index (χ1v) is 7.68. The van der Waals surface area contributed by atoms with Gasteiger partial charge in [0.15, 0.2) is 0 Å². The molecule has 0 unspecified atom stereocenters. The van der Waals surface area contributed by atoms with Crippen LogP contribution in [0.2, 0.25) is 0 Å². The second-order valence-corrected chi connectivity index (χ2v) is 7.01. The molecule has 1 aromatic carbocycles. The average molecular weight is 279 g/mol. The van der Waals surface area contributed by atoms with Crippen LogP contribution >= 0.6 is 0 Å². The molecule has 20 heavy (non-hydrogen) atoms. The summed E-state index contributed by atoms with van der Waals surface area (Å²) in [6.45, 7) is 5.31. The summed E-state index contributed by atoms with van der Waals surface area (Å²) in [6.07, 6.45) is 4.54. The van der Waals surface area contributed by atoms with Crippen molar-refractivity contribution in [1.29, 1.82) is 0 Å². The quantitative estimate of drug-likeness (QED) is 0.858. The minimum atomic E-state index is -0.459. The zero-order valence-corrected chi connectivity index (χ0v) is 12.3. The predicted octanol–water partition coefficient (Wildman–Crippen LogP) is 4.02. The zero-order chi connectivity index (χ0) is 14.3. The Kier molecular flexibility index (Phi) is 3.57. The smallest absolute Gasteiger partial charge is 0.126 e. The fourth-order valence-electron chi connectivity index (χ4n) is 3.38. The van der Waals surface area contributed by atoms with E-state index in [2.05, 4.69) is 19.2 Å². The molecule has 0 heterocycles. The molecular weight excluding hydrogens is 256 g/mol. The molecule has 0 saturated heterocycles. The topological polar surface area (TPSA) is 12.0 Å². The fourth-order valence-corrected chi connectivity index (χ4v) is 3.38. The standard InChI is InChI=1S/C17H23F2N/c1-11(2)12-8-17(9-12,10-20-16-3-4-16)13-5-14(18)7-15(19)6-13/h5-7,11-12,16,20H,3-4,8-10H2,1-2H3. The first kappa shape index (κ1) is 14.0. The second-order valence-electron chi connectivity index (χ2n) is 7.01. The number of benzene rings is 1. The molecule has 1 nitrogen and oxygen atoms in total. The maximum absolute atomic E-state index is 13.5. The van der Waals surface area contributed by atoms with Crippen molar-refractivity contribution in [2.75, 3.05) is 6.54 Å². The van der Waals surface area contributed by atoms with Crippen molar-refractivity contribution >= 4 is 0 Å². The van der Waals surface area contributed by atoms with Gasteiger partial charge in [-0.15, -0.1) is 0 Å². The maximum atomic E-state index is 13.5. The van der Waals surface area contributed by atoms with E-state index in [9.17, 15) is 8.78 Å². The summed E-state index contributed by atoms with van der Waals surface area (Å²) in [5.41, 5.74) is 0.764. The predicted molar refractivity (Wildman–Crippen MR) is 76.6 cm³/mol. The largest absolute Gasteiger partial charge is 0.313 e. The number of rotatable bonds is 5. The summed E-state index contributed by atoms with van der Waals surface area (Å²) >= 11 is 0. The molecule has 0 amide bonds. The van der Waals surface area contributed by atoms with Crippen molar-refractivity contribution in [3.8, 4) is 0 Å². The van der Waals surface area contributed by atoms with E-state index in [-0.39, 0.29) is 5.41 Å². The molecule has 3 heteroatoms. The Balaban J connectivity index is 1.81. The Hall–Kier alpha value is -0.960. The summed E-state index contributed by atoms with van der Waals surface area (Å²) < 4.78 is 27.1. The van der Waals surface area contributed by atoms with Crippen molar-refractivity contribution in [1.82, 2.24) is 5.32 Å². The number of halogens is 2. The van der Waals surface area contributed by atoms with E-state index in [0.717, 1.165) is 31.0 Å². The second kappa shape index (κ2) is 5.10. The van der Waals surface area contributed by atoms with Crippen molar-refractivity contribution in [3.63, 3.8) is 0 Å². The maximum Gasteiger partial charge on any atom is 0.126 e. The van der Waals surface area contributed by atoms with Crippen LogP contribution in [-0.2, 0) is 5.41 Å². The number of nitrogens with one attached hydrogen (secondary N) is 1. The van der Waals surface area contributed by atoms with Crippen LogP contribution in [0.5, 0.6) is 0 Å². The van der Waals surface area contributed by atoms with Gasteiger partial charge in [-0.2, -0.15) is 0 Å². The third-order valence-corrected chi connectivity index (χ3v) is 5.03. The lowest BCUT2D eigenvalue weighted by Gasteiger charge is -2.50. The Morgan fingerprint density at radius 1 is 1.15 bits per heavy atom. The van der Waals surface area contributed by atoms with E-state index in [4.69, 9.17) is 0 Å². The van der Waals surface area contributed by atoms with Crippen LogP contribution in [0.4, 0.5) is 8.78 Å². The van der Waals surface area contributed by atoms with Gasteiger partial charge in [0.25, 0.3) is 0 Å². The summed E-state index contributed by atoms with van der Waals surface area (Å²) in [5.74, 6) is 0.391. The van der Waals surface area contributed by atoms with Crippen LogP contribution in [0.25, 0.3) is 0 Å². The highest BCUT2D eigenvalue weighted by Gasteiger charge is 2.47. The molecule has 0 spiro atoms. The van der Waals surface area contributed by atoms with Gasteiger partial charge in [-0.3, -0.25) is 0 Å². The van der Waals surface area contributed by atoms with E-state index < -0.39 is 11.6 Å². The van der Waals surface area contributed by atoms with Gasteiger partial charge in [0, 0.05) is 24.1 Å². The first-order valence-electron chi connectivity index (χ1n) is 7.68. The van der Waals surface area contributed by atoms with E-state index in [1.54, 1.807) is 0 Å². The summed E-state index contributed by atoms with van der Waals surface area (Å²) in [4.78, 5) is 0. The molecule has 1 N–H and O–H groups in total. The third-order valence-electron chi connectivity index (χ3n) is 5.03. The van der Waals surface area contributed by atoms with Crippen molar-refractivity contribution in [2.24, 2.45) is 11.8 Å². The lowest BCUT2D eigenvalue weighted by atomic mass is 9.56. The number of hydrogen-bond acceptors (Lipinski definition) is 1. The Morgan fingerprint density at radius 3 is 2.25 bits per heavy atom. The van der Waals surface area contributed by atoms with Gasteiger partial charge in [0.2, 0.25) is 0 Å². The SMILES string of the molecule is CC(C)C1CC(CNC2CC2)(c2cc(F)cc(F)c2)C1. The molecule has 2 aliphatic rings. The molecular formula is C17H23F2N.